The van der Waals surface area contributed by atoms with Crippen molar-refractivity contribution in [2.75, 3.05) is 5.32 Å². The van der Waals surface area contributed by atoms with Crippen molar-refractivity contribution in [2.24, 2.45) is 5.73 Å². The number of anilines is 1. The summed E-state index contributed by atoms with van der Waals surface area (Å²) < 4.78 is 5.98. The van der Waals surface area contributed by atoms with E-state index < -0.39 is 0 Å². The third-order valence-electron chi connectivity index (χ3n) is 4.08. The van der Waals surface area contributed by atoms with Crippen molar-refractivity contribution >= 4 is 11.6 Å². The molecule has 0 spiro atoms. The van der Waals surface area contributed by atoms with Crippen LogP contribution >= 0.6 is 0 Å². The molecule has 1 unspecified atom stereocenters. The van der Waals surface area contributed by atoms with E-state index in [-0.39, 0.29) is 11.9 Å². The lowest BCUT2D eigenvalue weighted by Gasteiger charge is -2.22. The Morgan fingerprint density at radius 3 is 2.86 bits per heavy atom. The van der Waals surface area contributed by atoms with Gasteiger partial charge in [0.1, 0.15) is 0 Å². The molecule has 1 saturated carbocycles. The molecule has 1 aliphatic carbocycles. The SMILES string of the molecule is CC(N)CCC(=O)Nc1cccc(COC2CCCCC2)c1. The first-order valence-corrected chi connectivity index (χ1v) is 8.39. The molecular formula is C18H28N2O2. The number of hydrogen-bond acceptors (Lipinski definition) is 3. The van der Waals surface area contributed by atoms with Gasteiger partial charge in [0.05, 0.1) is 12.7 Å². The predicted molar refractivity (Wildman–Crippen MR) is 89.6 cm³/mol. The molecule has 4 heteroatoms. The van der Waals surface area contributed by atoms with E-state index in [0.29, 0.717) is 25.6 Å². The molecule has 1 fully saturated rings. The average molecular weight is 304 g/mol. The Balaban J connectivity index is 1.80. The summed E-state index contributed by atoms with van der Waals surface area (Å²) in [5.74, 6) is 0.0163. The summed E-state index contributed by atoms with van der Waals surface area (Å²) in [5, 5.41) is 2.93. The number of carbonyl (C=O) groups is 1. The van der Waals surface area contributed by atoms with Gasteiger partial charge < -0.3 is 15.8 Å². The quantitative estimate of drug-likeness (QED) is 0.809. The van der Waals surface area contributed by atoms with Gasteiger partial charge in [0.15, 0.2) is 0 Å². The zero-order valence-corrected chi connectivity index (χ0v) is 13.5. The molecule has 22 heavy (non-hydrogen) atoms. The van der Waals surface area contributed by atoms with Gasteiger partial charge in [0.2, 0.25) is 5.91 Å². The Labute approximate surface area is 133 Å². The molecule has 0 heterocycles. The van der Waals surface area contributed by atoms with Gasteiger partial charge >= 0.3 is 0 Å². The fourth-order valence-electron chi connectivity index (χ4n) is 2.77. The zero-order chi connectivity index (χ0) is 15.8. The number of carbonyl (C=O) groups excluding carboxylic acids is 1. The second-order valence-corrected chi connectivity index (χ2v) is 6.34. The van der Waals surface area contributed by atoms with E-state index in [4.69, 9.17) is 10.5 Å². The maximum atomic E-state index is 11.8. The first-order chi connectivity index (χ1) is 10.6. The topological polar surface area (TPSA) is 64.4 Å². The van der Waals surface area contributed by atoms with E-state index in [1.165, 1.54) is 32.1 Å². The van der Waals surface area contributed by atoms with Crippen LogP contribution in [0.3, 0.4) is 0 Å². The van der Waals surface area contributed by atoms with Gasteiger partial charge in [-0.3, -0.25) is 4.79 Å². The minimum atomic E-state index is 0.0163. The van der Waals surface area contributed by atoms with Gasteiger partial charge in [-0.05, 0) is 43.9 Å². The highest BCUT2D eigenvalue weighted by atomic mass is 16.5. The Morgan fingerprint density at radius 2 is 2.14 bits per heavy atom. The van der Waals surface area contributed by atoms with Gasteiger partial charge in [-0.2, -0.15) is 0 Å². The Morgan fingerprint density at radius 1 is 1.36 bits per heavy atom. The molecule has 1 aromatic rings. The van der Waals surface area contributed by atoms with Crippen LogP contribution in [0.5, 0.6) is 0 Å². The lowest BCUT2D eigenvalue weighted by molar-refractivity contribution is -0.116. The van der Waals surface area contributed by atoms with Crippen molar-refractivity contribution in [1.29, 1.82) is 0 Å². The number of amides is 1. The molecule has 1 aromatic carbocycles. The van der Waals surface area contributed by atoms with Gasteiger partial charge in [0, 0.05) is 18.2 Å². The van der Waals surface area contributed by atoms with Crippen molar-refractivity contribution in [3.8, 4) is 0 Å². The highest BCUT2D eigenvalue weighted by Gasteiger charge is 2.13. The van der Waals surface area contributed by atoms with E-state index in [0.717, 1.165) is 11.3 Å². The van der Waals surface area contributed by atoms with Crippen LogP contribution in [0.2, 0.25) is 0 Å². The molecule has 122 valence electrons. The van der Waals surface area contributed by atoms with E-state index >= 15 is 0 Å². The summed E-state index contributed by atoms with van der Waals surface area (Å²) in [5.41, 5.74) is 7.61. The monoisotopic (exact) mass is 304 g/mol. The number of nitrogens with two attached hydrogens (primary N) is 1. The van der Waals surface area contributed by atoms with Gasteiger partial charge in [-0.1, -0.05) is 31.4 Å². The van der Waals surface area contributed by atoms with Crippen LogP contribution in [0.25, 0.3) is 0 Å². The molecule has 0 saturated heterocycles. The van der Waals surface area contributed by atoms with Gasteiger partial charge in [-0.25, -0.2) is 0 Å². The molecule has 3 N–H and O–H groups in total. The maximum absolute atomic E-state index is 11.8. The summed E-state index contributed by atoms with van der Waals surface area (Å²) >= 11 is 0. The first-order valence-electron chi connectivity index (χ1n) is 8.39. The third kappa shape index (κ3) is 6.16. The lowest BCUT2D eigenvalue weighted by Crippen LogP contribution is -2.19. The average Bonchev–Trinajstić information content (AvgIpc) is 2.52. The minimum absolute atomic E-state index is 0.0163. The molecule has 1 amide bonds. The highest BCUT2D eigenvalue weighted by molar-refractivity contribution is 5.90. The van der Waals surface area contributed by atoms with E-state index in [1.54, 1.807) is 0 Å². The Hall–Kier alpha value is -1.39. The summed E-state index contributed by atoms with van der Waals surface area (Å²) in [6.07, 6.45) is 7.81. The van der Waals surface area contributed by atoms with Crippen LogP contribution in [0.15, 0.2) is 24.3 Å². The van der Waals surface area contributed by atoms with Crippen LogP contribution in [0, 0.1) is 0 Å². The first kappa shape index (κ1) is 17.0. The number of ether oxygens (including phenoxy) is 1. The second-order valence-electron chi connectivity index (χ2n) is 6.34. The lowest BCUT2D eigenvalue weighted by atomic mass is 9.98. The smallest absolute Gasteiger partial charge is 0.224 e. The van der Waals surface area contributed by atoms with Crippen molar-refractivity contribution in [3.63, 3.8) is 0 Å². The predicted octanol–water partition coefficient (Wildman–Crippen LogP) is 3.60. The molecule has 1 atom stereocenters. The molecular weight excluding hydrogens is 276 g/mol. The molecule has 0 bridgehead atoms. The summed E-state index contributed by atoms with van der Waals surface area (Å²) in [6.45, 7) is 2.53. The van der Waals surface area contributed by atoms with Crippen molar-refractivity contribution in [3.05, 3.63) is 29.8 Å². The van der Waals surface area contributed by atoms with Crippen molar-refractivity contribution < 1.29 is 9.53 Å². The number of benzene rings is 1. The Kier molecular flexibility index (Phi) is 6.87. The van der Waals surface area contributed by atoms with Crippen LogP contribution < -0.4 is 11.1 Å². The molecule has 2 rings (SSSR count). The molecule has 0 radical (unpaired) electrons. The fourth-order valence-corrected chi connectivity index (χ4v) is 2.77. The van der Waals surface area contributed by atoms with Crippen LogP contribution in [-0.4, -0.2) is 18.1 Å². The normalized spacial score (nSPS) is 17.2. The summed E-state index contributed by atoms with van der Waals surface area (Å²) in [4.78, 5) is 11.8. The third-order valence-corrected chi connectivity index (χ3v) is 4.08. The van der Waals surface area contributed by atoms with Crippen LogP contribution in [0.1, 0.15) is 57.4 Å². The van der Waals surface area contributed by atoms with Crippen molar-refractivity contribution in [2.45, 2.75) is 70.6 Å². The largest absolute Gasteiger partial charge is 0.374 e. The minimum Gasteiger partial charge on any atom is -0.374 e. The van der Waals surface area contributed by atoms with Crippen LogP contribution in [0.4, 0.5) is 5.69 Å². The van der Waals surface area contributed by atoms with Gasteiger partial charge in [-0.15, -0.1) is 0 Å². The number of rotatable bonds is 7. The maximum Gasteiger partial charge on any atom is 0.224 e. The molecule has 1 aliphatic rings. The van der Waals surface area contributed by atoms with E-state index in [9.17, 15) is 4.79 Å². The number of hydrogen-bond donors (Lipinski definition) is 2. The van der Waals surface area contributed by atoms with Crippen LogP contribution in [-0.2, 0) is 16.1 Å². The standard InChI is InChI=1S/C18H28N2O2/c1-14(19)10-11-18(21)20-16-7-5-6-15(12-16)13-22-17-8-3-2-4-9-17/h5-7,12,14,17H,2-4,8-11,13,19H2,1H3,(H,20,21). The van der Waals surface area contributed by atoms with Crippen molar-refractivity contribution in [1.82, 2.24) is 0 Å². The Bertz CT molecular complexity index is 468. The highest BCUT2D eigenvalue weighted by Crippen LogP contribution is 2.22. The molecule has 4 nitrogen and oxygen atoms in total. The number of nitrogens with one attached hydrogen (secondary N) is 1. The van der Waals surface area contributed by atoms with E-state index in [1.807, 2.05) is 31.2 Å². The fraction of sp³-hybridized carbons (Fsp3) is 0.611. The van der Waals surface area contributed by atoms with Gasteiger partial charge in [0.25, 0.3) is 0 Å². The zero-order valence-electron chi connectivity index (χ0n) is 13.5. The molecule has 0 aliphatic heterocycles. The molecule has 0 aromatic heterocycles. The second kappa shape index (κ2) is 8.91. The summed E-state index contributed by atoms with van der Waals surface area (Å²) in [7, 11) is 0. The van der Waals surface area contributed by atoms with E-state index in [2.05, 4.69) is 5.32 Å². The summed E-state index contributed by atoms with van der Waals surface area (Å²) in [6, 6.07) is 7.96.